The van der Waals surface area contributed by atoms with Gasteiger partial charge in [-0.05, 0) is 61.2 Å². The van der Waals surface area contributed by atoms with Crippen LogP contribution in [0.3, 0.4) is 0 Å². The van der Waals surface area contributed by atoms with Gasteiger partial charge in [0.2, 0.25) is 10.0 Å². The summed E-state index contributed by atoms with van der Waals surface area (Å²) in [5.41, 5.74) is 4.47. The van der Waals surface area contributed by atoms with Crippen molar-refractivity contribution in [3.8, 4) is 0 Å². The minimum absolute atomic E-state index is 0.0836. The van der Waals surface area contributed by atoms with Crippen molar-refractivity contribution >= 4 is 21.6 Å². The van der Waals surface area contributed by atoms with Crippen molar-refractivity contribution in [3.05, 3.63) is 77.4 Å². The summed E-state index contributed by atoms with van der Waals surface area (Å²) >= 11 is 0. The van der Waals surface area contributed by atoms with E-state index in [1.807, 2.05) is 13.0 Å². The molecule has 6 heteroatoms. The summed E-state index contributed by atoms with van der Waals surface area (Å²) in [7, 11) is -3.42. The Bertz CT molecular complexity index is 950. The molecule has 2 aromatic rings. The van der Waals surface area contributed by atoms with Crippen molar-refractivity contribution in [2.45, 2.75) is 33.2 Å². The molecule has 0 unspecified atom stereocenters. The number of rotatable bonds is 8. The highest BCUT2D eigenvalue weighted by atomic mass is 32.2. The Morgan fingerprint density at radius 2 is 1.79 bits per heavy atom. The number of aryl methyl sites for hydroxylation is 2. The third-order valence-corrected chi connectivity index (χ3v) is 5.92. The van der Waals surface area contributed by atoms with Gasteiger partial charge >= 0.3 is 0 Å². The van der Waals surface area contributed by atoms with Crippen LogP contribution in [0.4, 0.5) is 5.69 Å². The molecule has 0 aliphatic heterocycles. The maximum Gasteiger partial charge on any atom is 0.251 e. The van der Waals surface area contributed by atoms with Crippen LogP contribution in [0, 0.1) is 13.8 Å². The second kappa shape index (κ2) is 9.06. The third kappa shape index (κ3) is 5.23. The van der Waals surface area contributed by atoms with Crippen LogP contribution in [0.2, 0.25) is 0 Å². The Kier molecular flexibility index (Phi) is 7.02. The van der Waals surface area contributed by atoms with Crippen molar-refractivity contribution < 1.29 is 13.2 Å². The summed E-state index contributed by atoms with van der Waals surface area (Å²) in [6.45, 7) is 9.92. The lowest BCUT2D eigenvalue weighted by Gasteiger charge is -2.21. The van der Waals surface area contributed by atoms with Crippen molar-refractivity contribution in [1.29, 1.82) is 0 Å². The molecule has 0 saturated carbocycles. The van der Waals surface area contributed by atoms with Gasteiger partial charge in [-0.1, -0.05) is 31.2 Å². The fraction of sp³-hybridized carbons (Fsp3) is 0.318. The second-order valence-electron chi connectivity index (χ2n) is 6.91. The van der Waals surface area contributed by atoms with Crippen molar-refractivity contribution in [3.63, 3.8) is 0 Å². The number of hydrogen-bond donors (Lipinski definition) is 1. The predicted octanol–water partition coefficient (Wildman–Crippen LogP) is 4.14. The molecule has 1 atom stereocenters. The number of carbonyl (C=O) groups is 1. The molecule has 28 heavy (non-hydrogen) atoms. The summed E-state index contributed by atoms with van der Waals surface area (Å²) in [4.78, 5) is 12.7. The van der Waals surface area contributed by atoms with Crippen LogP contribution in [0.5, 0.6) is 0 Å². The zero-order valence-electron chi connectivity index (χ0n) is 16.9. The summed E-state index contributed by atoms with van der Waals surface area (Å²) < 4.78 is 25.1. The van der Waals surface area contributed by atoms with Gasteiger partial charge in [-0.2, -0.15) is 0 Å². The maximum atomic E-state index is 12.7. The van der Waals surface area contributed by atoms with E-state index in [4.69, 9.17) is 0 Å². The number of amides is 1. The molecule has 0 radical (unpaired) electrons. The lowest BCUT2D eigenvalue weighted by molar-refractivity contribution is 0.0935. The number of sulfonamides is 1. The predicted molar refractivity (Wildman–Crippen MR) is 115 cm³/mol. The largest absolute Gasteiger partial charge is 0.345 e. The van der Waals surface area contributed by atoms with E-state index in [-0.39, 0.29) is 18.5 Å². The van der Waals surface area contributed by atoms with Gasteiger partial charge in [0.1, 0.15) is 0 Å². The Morgan fingerprint density at radius 1 is 1.14 bits per heavy atom. The fourth-order valence-electron chi connectivity index (χ4n) is 2.97. The summed E-state index contributed by atoms with van der Waals surface area (Å²) in [5.74, 6) is -0.189. The Morgan fingerprint density at radius 3 is 2.29 bits per heavy atom. The van der Waals surface area contributed by atoms with Gasteiger partial charge in [-0.15, -0.1) is 6.58 Å². The van der Waals surface area contributed by atoms with Gasteiger partial charge < -0.3 is 5.32 Å². The highest BCUT2D eigenvalue weighted by molar-refractivity contribution is 7.92. The molecular weight excluding hydrogens is 372 g/mol. The molecule has 0 aliphatic rings. The molecule has 0 bridgehead atoms. The van der Waals surface area contributed by atoms with Crippen LogP contribution >= 0.6 is 0 Å². The average Bonchev–Trinajstić information content (AvgIpc) is 2.65. The van der Waals surface area contributed by atoms with Gasteiger partial charge in [-0.25, -0.2) is 8.42 Å². The van der Waals surface area contributed by atoms with Gasteiger partial charge in [0.05, 0.1) is 24.5 Å². The van der Waals surface area contributed by atoms with Crippen LogP contribution in [0.25, 0.3) is 0 Å². The molecule has 1 N–H and O–H groups in total. The first kappa shape index (κ1) is 21.7. The molecule has 0 fully saturated rings. The molecule has 0 saturated heterocycles. The van der Waals surface area contributed by atoms with E-state index in [1.54, 1.807) is 24.3 Å². The lowest BCUT2D eigenvalue weighted by Crippen LogP contribution is -2.30. The van der Waals surface area contributed by atoms with Gasteiger partial charge in [0.25, 0.3) is 5.91 Å². The van der Waals surface area contributed by atoms with Gasteiger partial charge in [0, 0.05) is 5.56 Å². The quantitative estimate of drug-likeness (QED) is 0.677. The lowest BCUT2D eigenvalue weighted by atomic mass is 9.99. The smallest absolute Gasteiger partial charge is 0.251 e. The number of hydrogen-bond acceptors (Lipinski definition) is 3. The van der Waals surface area contributed by atoms with Crippen LogP contribution < -0.4 is 9.62 Å². The molecular formula is C22H28N2O3S. The summed E-state index contributed by atoms with van der Waals surface area (Å²) in [6.07, 6.45) is 3.44. The van der Waals surface area contributed by atoms with Crippen LogP contribution in [0.15, 0.2) is 55.1 Å². The zero-order valence-corrected chi connectivity index (χ0v) is 17.7. The second-order valence-corrected chi connectivity index (χ2v) is 8.81. The van der Waals surface area contributed by atoms with Crippen molar-refractivity contribution in [1.82, 2.24) is 5.32 Å². The Balaban J connectivity index is 2.19. The van der Waals surface area contributed by atoms with Crippen LogP contribution in [0.1, 0.15) is 46.4 Å². The molecule has 150 valence electrons. The molecule has 0 aliphatic carbocycles. The number of carbonyl (C=O) groups excluding carboxylic acids is 1. The van der Waals surface area contributed by atoms with Crippen molar-refractivity contribution in [2.75, 3.05) is 17.1 Å². The van der Waals surface area contributed by atoms with E-state index in [2.05, 4.69) is 37.9 Å². The van der Waals surface area contributed by atoms with Crippen LogP contribution in [-0.2, 0) is 10.0 Å². The molecule has 1 amide bonds. The summed E-state index contributed by atoms with van der Waals surface area (Å²) in [5, 5.41) is 3.06. The van der Waals surface area contributed by atoms with E-state index in [9.17, 15) is 13.2 Å². The Labute approximate surface area is 168 Å². The number of benzene rings is 2. The van der Waals surface area contributed by atoms with Gasteiger partial charge in [-0.3, -0.25) is 9.10 Å². The third-order valence-electron chi connectivity index (χ3n) is 4.76. The zero-order chi connectivity index (χ0) is 20.9. The monoisotopic (exact) mass is 400 g/mol. The Hall–Kier alpha value is -2.60. The van der Waals surface area contributed by atoms with Crippen molar-refractivity contribution in [2.24, 2.45) is 0 Å². The molecule has 2 aromatic carbocycles. The maximum absolute atomic E-state index is 12.7. The van der Waals surface area contributed by atoms with Gasteiger partial charge in [0.15, 0.2) is 0 Å². The molecule has 0 heterocycles. The van der Waals surface area contributed by atoms with E-state index >= 15 is 0 Å². The molecule has 2 rings (SSSR count). The highest BCUT2D eigenvalue weighted by Crippen LogP contribution is 2.22. The SMILES string of the molecule is C=CCN(c1ccc(C(=O)N[C@H](CC)c2ccc(C)c(C)c2)cc1)S(C)(=O)=O. The minimum Gasteiger partial charge on any atom is -0.345 e. The van der Waals surface area contributed by atoms with E-state index in [1.165, 1.54) is 21.5 Å². The van der Waals surface area contributed by atoms with Crippen LogP contribution in [-0.4, -0.2) is 27.1 Å². The average molecular weight is 401 g/mol. The minimum atomic E-state index is -3.42. The van der Waals surface area contributed by atoms with E-state index < -0.39 is 10.0 Å². The molecule has 0 aromatic heterocycles. The first-order chi connectivity index (χ1) is 13.2. The standard InChI is InChI=1S/C22H28N2O3S/c1-6-14-24(28(5,26)27)20-12-10-18(11-13-20)22(25)23-21(7-2)19-9-8-16(3)17(4)15-19/h6,8-13,15,21H,1,7,14H2,2-5H3,(H,23,25)/t21-/m1/s1. The molecule has 5 nitrogen and oxygen atoms in total. The highest BCUT2D eigenvalue weighted by Gasteiger charge is 2.18. The summed E-state index contributed by atoms with van der Waals surface area (Å²) in [6, 6.07) is 12.7. The normalized spacial score (nSPS) is 12.3. The first-order valence-electron chi connectivity index (χ1n) is 9.24. The van der Waals surface area contributed by atoms with E-state index in [0.717, 1.165) is 18.2 Å². The topological polar surface area (TPSA) is 66.5 Å². The number of nitrogens with one attached hydrogen (secondary N) is 1. The number of anilines is 1. The molecule has 0 spiro atoms. The number of nitrogens with zero attached hydrogens (tertiary/aromatic N) is 1. The van der Waals surface area contributed by atoms with E-state index in [0.29, 0.717) is 11.3 Å². The fourth-order valence-corrected chi connectivity index (χ4v) is 3.85. The first-order valence-corrected chi connectivity index (χ1v) is 11.1.